The van der Waals surface area contributed by atoms with Gasteiger partial charge in [-0.2, -0.15) is 0 Å². The number of benzene rings is 1. The van der Waals surface area contributed by atoms with Crippen molar-refractivity contribution in [1.82, 2.24) is 9.47 Å². The van der Waals surface area contributed by atoms with Crippen LogP contribution in [0.2, 0.25) is 0 Å². The highest BCUT2D eigenvalue weighted by molar-refractivity contribution is 7.16. The lowest BCUT2D eigenvalue weighted by Crippen LogP contribution is -2.32. The van der Waals surface area contributed by atoms with Crippen LogP contribution in [0.5, 0.6) is 0 Å². The van der Waals surface area contributed by atoms with Gasteiger partial charge in [-0.1, -0.05) is 12.1 Å². The molecule has 0 aliphatic rings. The zero-order chi connectivity index (χ0) is 16.4. The van der Waals surface area contributed by atoms with Crippen LogP contribution in [0.3, 0.4) is 0 Å². The van der Waals surface area contributed by atoms with E-state index >= 15 is 0 Å². The van der Waals surface area contributed by atoms with E-state index in [4.69, 9.17) is 0 Å². The van der Waals surface area contributed by atoms with Gasteiger partial charge in [0.05, 0.1) is 0 Å². The van der Waals surface area contributed by atoms with E-state index in [2.05, 4.69) is 0 Å². The Hall–Kier alpha value is -2.14. The number of aromatic nitrogens is 1. The van der Waals surface area contributed by atoms with E-state index in [0.717, 1.165) is 15.8 Å². The van der Waals surface area contributed by atoms with Gasteiger partial charge in [-0.3, -0.25) is 4.79 Å². The predicted octanol–water partition coefficient (Wildman–Crippen LogP) is 4.37. The van der Waals surface area contributed by atoms with E-state index in [0.29, 0.717) is 25.3 Å². The van der Waals surface area contributed by atoms with E-state index in [1.165, 1.54) is 12.1 Å². The Balaban J connectivity index is 2.03. The topological polar surface area (TPSA) is 25.2 Å². The molecule has 0 unspecified atom stereocenters. The first-order chi connectivity index (χ1) is 11.1. The van der Waals surface area contributed by atoms with Crippen LogP contribution in [0.4, 0.5) is 4.39 Å². The highest BCUT2D eigenvalue weighted by Gasteiger charge is 2.20. The first-order valence-corrected chi connectivity index (χ1v) is 8.62. The van der Waals surface area contributed by atoms with Crippen LogP contribution in [-0.4, -0.2) is 28.5 Å². The van der Waals surface area contributed by atoms with Crippen molar-refractivity contribution in [1.29, 1.82) is 0 Å². The Morgan fingerprint density at radius 2 is 1.87 bits per heavy atom. The Morgan fingerprint density at radius 1 is 1.17 bits per heavy atom. The number of rotatable bonds is 5. The predicted molar refractivity (Wildman–Crippen MR) is 92.6 cm³/mol. The third-order valence-corrected chi connectivity index (χ3v) is 4.98. The van der Waals surface area contributed by atoms with Gasteiger partial charge in [0.1, 0.15) is 16.3 Å². The third-order valence-electron chi connectivity index (χ3n) is 4.03. The molecule has 23 heavy (non-hydrogen) atoms. The first-order valence-electron chi connectivity index (χ1n) is 7.74. The van der Waals surface area contributed by atoms with Gasteiger partial charge in [0.2, 0.25) is 0 Å². The maximum Gasteiger partial charge on any atom is 0.270 e. The Labute approximate surface area is 139 Å². The molecule has 3 nitrogen and oxygen atoms in total. The molecule has 5 heteroatoms. The molecule has 0 spiro atoms. The molecular weight excluding hydrogens is 311 g/mol. The minimum Gasteiger partial charge on any atom is -0.338 e. The molecular formula is C18H19FN2OS. The third kappa shape index (κ3) is 3.01. The van der Waals surface area contributed by atoms with Crippen molar-refractivity contribution < 1.29 is 9.18 Å². The Morgan fingerprint density at radius 3 is 2.52 bits per heavy atom. The molecule has 0 saturated carbocycles. The quantitative estimate of drug-likeness (QED) is 0.682. The van der Waals surface area contributed by atoms with E-state index in [9.17, 15) is 9.18 Å². The Bertz CT molecular complexity index is 815. The standard InChI is InChI=1S/C18H19FN2OS/c1-3-20(4-2)17(22)16-11-14-9-10-23-18(14)21(16)12-13-5-7-15(19)8-6-13/h5-11H,3-4,12H2,1-2H3. The number of hydrogen-bond donors (Lipinski definition) is 0. The molecule has 0 fully saturated rings. The minimum atomic E-state index is -0.248. The summed E-state index contributed by atoms with van der Waals surface area (Å²) in [5.41, 5.74) is 1.67. The van der Waals surface area contributed by atoms with Crippen molar-refractivity contribution in [2.24, 2.45) is 0 Å². The second kappa shape index (κ2) is 6.54. The fourth-order valence-electron chi connectivity index (χ4n) is 2.75. The van der Waals surface area contributed by atoms with Crippen LogP contribution in [0.25, 0.3) is 10.2 Å². The molecule has 120 valence electrons. The van der Waals surface area contributed by atoms with Gasteiger partial charge >= 0.3 is 0 Å². The molecule has 1 amide bonds. The van der Waals surface area contributed by atoms with Crippen molar-refractivity contribution in [3.8, 4) is 0 Å². The van der Waals surface area contributed by atoms with Gasteiger partial charge in [0, 0.05) is 25.0 Å². The zero-order valence-corrected chi connectivity index (χ0v) is 14.1. The number of nitrogens with zero attached hydrogens (tertiary/aromatic N) is 2. The molecule has 0 saturated heterocycles. The van der Waals surface area contributed by atoms with Crippen LogP contribution in [-0.2, 0) is 6.54 Å². The monoisotopic (exact) mass is 330 g/mol. The van der Waals surface area contributed by atoms with E-state index < -0.39 is 0 Å². The average molecular weight is 330 g/mol. The minimum absolute atomic E-state index is 0.0421. The molecule has 1 aromatic carbocycles. The highest BCUT2D eigenvalue weighted by Crippen LogP contribution is 2.27. The normalized spacial score (nSPS) is 11.1. The van der Waals surface area contributed by atoms with Crippen LogP contribution in [0, 0.1) is 5.82 Å². The van der Waals surface area contributed by atoms with Crippen LogP contribution in [0.15, 0.2) is 41.8 Å². The van der Waals surface area contributed by atoms with Crippen molar-refractivity contribution in [3.63, 3.8) is 0 Å². The van der Waals surface area contributed by atoms with Gasteiger partial charge in [-0.05, 0) is 49.1 Å². The van der Waals surface area contributed by atoms with Crippen molar-refractivity contribution in [3.05, 3.63) is 58.9 Å². The molecule has 0 N–H and O–H groups in total. The maximum absolute atomic E-state index is 13.1. The molecule has 3 aromatic rings. The molecule has 3 rings (SSSR count). The van der Waals surface area contributed by atoms with Gasteiger partial charge in [-0.15, -0.1) is 11.3 Å². The summed E-state index contributed by atoms with van der Waals surface area (Å²) < 4.78 is 15.1. The number of carbonyl (C=O) groups excluding carboxylic acids is 1. The zero-order valence-electron chi connectivity index (χ0n) is 13.3. The smallest absolute Gasteiger partial charge is 0.270 e. The molecule has 2 aromatic heterocycles. The number of carbonyl (C=O) groups is 1. The highest BCUT2D eigenvalue weighted by atomic mass is 32.1. The largest absolute Gasteiger partial charge is 0.338 e. The van der Waals surface area contributed by atoms with Crippen molar-refractivity contribution in [2.75, 3.05) is 13.1 Å². The summed E-state index contributed by atoms with van der Waals surface area (Å²) in [6.45, 7) is 5.90. The molecule has 0 aliphatic carbocycles. The molecule has 0 atom stereocenters. The second-order valence-electron chi connectivity index (χ2n) is 5.40. The first kappa shape index (κ1) is 15.7. The fourth-order valence-corrected chi connectivity index (χ4v) is 3.65. The summed E-state index contributed by atoms with van der Waals surface area (Å²) in [4.78, 5) is 15.7. The molecule has 0 radical (unpaired) electrons. The number of amides is 1. The number of fused-ring (bicyclic) bond motifs is 1. The summed E-state index contributed by atoms with van der Waals surface area (Å²) in [6, 6.07) is 10.4. The Kier molecular flexibility index (Phi) is 4.48. The number of halogens is 1. The van der Waals surface area contributed by atoms with Gasteiger partial charge in [-0.25, -0.2) is 4.39 Å². The van der Waals surface area contributed by atoms with E-state index in [1.807, 2.05) is 40.8 Å². The number of thiophene rings is 1. The van der Waals surface area contributed by atoms with Gasteiger partial charge in [0.15, 0.2) is 0 Å². The lowest BCUT2D eigenvalue weighted by atomic mass is 10.2. The summed E-state index contributed by atoms with van der Waals surface area (Å²) in [5, 5.41) is 3.10. The lowest BCUT2D eigenvalue weighted by Gasteiger charge is -2.20. The molecule has 0 bridgehead atoms. The second-order valence-corrected chi connectivity index (χ2v) is 6.30. The summed E-state index contributed by atoms with van der Waals surface area (Å²) >= 11 is 1.62. The number of hydrogen-bond acceptors (Lipinski definition) is 2. The fraction of sp³-hybridized carbons (Fsp3) is 0.278. The maximum atomic E-state index is 13.1. The van der Waals surface area contributed by atoms with E-state index in [-0.39, 0.29) is 11.7 Å². The van der Waals surface area contributed by atoms with E-state index in [1.54, 1.807) is 23.5 Å². The lowest BCUT2D eigenvalue weighted by molar-refractivity contribution is 0.0763. The SMILES string of the molecule is CCN(CC)C(=O)c1cc2ccsc2n1Cc1ccc(F)cc1. The van der Waals surface area contributed by atoms with Crippen LogP contribution >= 0.6 is 11.3 Å². The molecule has 2 heterocycles. The van der Waals surface area contributed by atoms with Crippen molar-refractivity contribution in [2.45, 2.75) is 20.4 Å². The van der Waals surface area contributed by atoms with Crippen molar-refractivity contribution >= 4 is 27.5 Å². The van der Waals surface area contributed by atoms with Crippen LogP contribution in [0.1, 0.15) is 29.9 Å². The summed E-state index contributed by atoms with van der Waals surface area (Å²) in [7, 11) is 0. The summed E-state index contributed by atoms with van der Waals surface area (Å²) in [5.74, 6) is -0.206. The van der Waals surface area contributed by atoms with Gasteiger partial charge < -0.3 is 9.47 Å². The average Bonchev–Trinajstić information content (AvgIpc) is 3.13. The van der Waals surface area contributed by atoms with Gasteiger partial charge in [0.25, 0.3) is 5.91 Å². The summed E-state index contributed by atoms with van der Waals surface area (Å²) in [6.07, 6.45) is 0. The van der Waals surface area contributed by atoms with Crippen LogP contribution < -0.4 is 0 Å². The molecule has 0 aliphatic heterocycles.